The quantitative estimate of drug-likeness (QED) is 0.812. The van der Waals surface area contributed by atoms with Crippen LogP contribution in [0, 0.1) is 6.92 Å². The minimum absolute atomic E-state index is 0.173. The second kappa shape index (κ2) is 4.24. The third-order valence-electron chi connectivity index (χ3n) is 1.91. The first kappa shape index (κ1) is 12.1. The maximum Gasteiger partial charge on any atom is 0.154 e. The summed E-state index contributed by atoms with van der Waals surface area (Å²) in [5.74, 6) is 0.0906. The Kier molecular flexibility index (Phi) is 3.41. The van der Waals surface area contributed by atoms with Gasteiger partial charge in [0.25, 0.3) is 0 Å². The van der Waals surface area contributed by atoms with E-state index in [4.69, 9.17) is 0 Å². The minimum atomic E-state index is -3.11. The fraction of sp³-hybridized carbons (Fsp3) is 0.556. The monoisotopic (exact) mass is 230 g/mol. The summed E-state index contributed by atoms with van der Waals surface area (Å²) in [7, 11) is -3.11. The number of sulfone groups is 1. The minimum Gasteiger partial charge on any atom is -0.389 e. The summed E-state index contributed by atoms with van der Waals surface area (Å²) in [6.45, 7) is 3.33. The Bertz CT molecular complexity index is 454. The largest absolute Gasteiger partial charge is 0.389 e. The summed E-state index contributed by atoms with van der Waals surface area (Å²) in [6.07, 6.45) is 1.96. The smallest absolute Gasteiger partial charge is 0.154 e. The summed E-state index contributed by atoms with van der Waals surface area (Å²) >= 11 is 0. The van der Waals surface area contributed by atoms with Gasteiger partial charge < -0.3 is 5.11 Å². The molecule has 5 nitrogen and oxygen atoms in total. The van der Waals surface area contributed by atoms with Crippen LogP contribution in [-0.4, -0.2) is 29.7 Å². The highest BCUT2D eigenvalue weighted by Crippen LogP contribution is 2.14. The Morgan fingerprint density at radius 3 is 2.53 bits per heavy atom. The SMILES string of the molecule is Cc1nc(CS(C)(=O)=O)ncc1C(C)O. The maximum atomic E-state index is 11.0. The molecule has 1 aromatic rings. The van der Waals surface area contributed by atoms with Crippen molar-refractivity contribution in [3.8, 4) is 0 Å². The van der Waals surface area contributed by atoms with Crippen LogP contribution in [0.3, 0.4) is 0 Å². The predicted molar refractivity (Wildman–Crippen MR) is 56.0 cm³/mol. The van der Waals surface area contributed by atoms with Crippen molar-refractivity contribution in [2.45, 2.75) is 25.7 Å². The van der Waals surface area contributed by atoms with Crippen molar-refractivity contribution < 1.29 is 13.5 Å². The van der Waals surface area contributed by atoms with Crippen molar-refractivity contribution in [3.05, 3.63) is 23.3 Å². The van der Waals surface area contributed by atoms with E-state index in [-0.39, 0.29) is 11.6 Å². The molecule has 0 fully saturated rings. The topological polar surface area (TPSA) is 80.2 Å². The highest BCUT2D eigenvalue weighted by Gasteiger charge is 2.11. The van der Waals surface area contributed by atoms with E-state index in [1.165, 1.54) is 6.20 Å². The van der Waals surface area contributed by atoms with E-state index in [9.17, 15) is 13.5 Å². The van der Waals surface area contributed by atoms with Gasteiger partial charge in [-0.1, -0.05) is 0 Å². The second-order valence-corrected chi connectivity index (χ2v) is 5.71. The van der Waals surface area contributed by atoms with Crippen molar-refractivity contribution in [2.24, 2.45) is 0 Å². The number of aryl methyl sites for hydroxylation is 1. The van der Waals surface area contributed by atoms with E-state index < -0.39 is 15.9 Å². The number of aliphatic hydroxyl groups excluding tert-OH is 1. The van der Waals surface area contributed by atoms with Crippen LogP contribution in [0.15, 0.2) is 6.20 Å². The van der Waals surface area contributed by atoms with E-state index in [1.807, 2.05) is 0 Å². The molecule has 0 spiro atoms. The average Bonchev–Trinajstić information content (AvgIpc) is 1.99. The lowest BCUT2D eigenvalue weighted by Gasteiger charge is -2.08. The van der Waals surface area contributed by atoms with E-state index in [1.54, 1.807) is 13.8 Å². The van der Waals surface area contributed by atoms with E-state index >= 15 is 0 Å². The van der Waals surface area contributed by atoms with Crippen molar-refractivity contribution in [3.63, 3.8) is 0 Å². The molecular formula is C9H14N2O3S. The molecule has 1 unspecified atom stereocenters. The lowest BCUT2D eigenvalue weighted by molar-refractivity contribution is 0.197. The summed E-state index contributed by atoms with van der Waals surface area (Å²) < 4.78 is 22.0. The molecule has 0 aliphatic carbocycles. The summed E-state index contributed by atoms with van der Waals surface area (Å²) in [4.78, 5) is 7.93. The molecule has 1 aromatic heterocycles. The Morgan fingerprint density at radius 2 is 2.13 bits per heavy atom. The van der Waals surface area contributed by atoms with E-state index in [2.05, 4.69) is 9.97 Å². The Morgan fingerprint density at radius 1 is 1.53 bits per heavy atom. The molecule has 0 aliphatic rings. The molecule has 6 heteroatoms. The van der Waals surface area contributed by atoms with Gasteiger partial charge in [0, 0.05) is 23.7 Å². The summed E-state index contributed by atoms with van der Waals surface area (Å²) in [5.41, 5.74) is 1.23. The molecule has 0 saturated heterocycles. The highest BCUT2D eigenvalue weighted by molar-refractivity contribution is 7.89. The van der Waals surface area contributed by atoms with Gasteiger partial charge in [-0.3, -0.25) is 0 Å². The molecule has 15 heavy (non-hydrogen) atoms. The Balaban J connectivity index is 3.02. The summed E-state index contributed by atoms with van der Waals surface area (Å²) in [5, 5.41) is 9.33. The van der Waals surface area contributed by atoms with Gasteiger partial charge in [0.1, 0.15) is 11.6 Å². The van der Waals surface area contributed by atoms with Gasteiger partial charge in [-0.2, -0.15) is 0 Å². The van der Waals surface area contributed by atoms with Gasteiger partial charge in [-0.05, 0) is 13.8 Å². The lowest BCUT2D eigenvalue weighted by Crippen LogP contribution is -2.08. The van der Waals surface area contributed by atoms with Gasteiger partial charge >= 0.3 is 0 Å². The third kappa shape index (κ3) is 3.56. The number of aliphatic hydroxyl groups is 1. The first-order chi connectivity index (χ1) is 6.79. The first-order valence-corrected chi connectivity index (χ1v) is 6.54. The maximum absolute atomic E-state index is 11.0. The van der Waals surface area contributed by atoms with Crippen molar-refractivity contribution in [1.29, 1.82) is 0 Å². The Labute approximate surface area is 89.1 Å². The zero-order chi connectivity index (χ0) is 11.6. The van der Waals surface area contributed by atoms with Gasteiger partial charge in [0.15, 0.2) is 9.84 Å². The molecule has 0 amide bonds. The standard InChI is InChI=1S/C9H14N2O3S/c1-6-8(7(2)12)4-10-9(11-6)5-15(3,13)14/h4,7,12H,5H2,1-3H3. The van der Waals surface area contributed by atoms with Crippen molar-refractivity contribution in [1.82, 2.24) is 9.97 Å². The summed E-state index contributed by atoms with van der Waals surface area (Å²) in [6, 6.07) is 0. The molecule has 0 radical (unpaired) electrons. The predicted octanol–water partition coefficient (Wildman–Crippen LogP) is 0.383. The van der Waals surface area contributed by atoms with Crippen LogP contribution < -0.4 is 0 Å². The molecular weight excluding hydrogens is 216 g/mol. The van der Waals surface area contributed by atoms with Gasteiger partial charge in [-0.25, -0.2) is 18.4 Å². The second-order valence-electron chi connectivity index (χ2n) is 3.57. The van der Waals surface area contributed by atoms with Crippen LogP contribution in [-0.2, 0) is 15.6 Å². The number of hydrogen-bond acceptors (Lipinski definition) is 5. The molecule has 1 N–H and O–H groups in total. The molecule has 1 rings (SSSR count). The normalized spacial score (nSPS) is 13.9. The third-order valence-corrected chi connectivity index (χ3v) is 2.69. The fourth-order valence-corrected chi connectivity index (χ4v) is 1.85. The zero-order valence-corrected chi connectivity index (χ0v) is 9.74. The van der Waals surface area contributed by atoms with Crippen LogP contribution in [0.25, 0.3) is 0 Å². The number of nitrogens with zero attached hydrogens (tertiary/aromatic N) is 2. The molecule has 0 bridgehead atoms. The van der Waals surface area contributed by atoms with Gasteiger partial charge in [0.2, 0.25) is 0 Å². The van der Waals surface area contributed by atoms with Crippen LogP contribution in [0.1, 0.15) is 30.1 Å². The van der Waals surface area contributed by atoms with Crippen LogP contribution in [0.2, 0.25) is 0 Å². The molecule has 1 atom stereocenters. The molecule has 0 aromatic carbocycles. The zero-order valence-electron chi connectivity index (χ0n) is 8.93. The van der Waals surface area contributed by atoms with Crippen LogP contribution >= 0.6 is 0 Å². The molecule has 0 saturated carbocycles. The average molecular weight is 230 g/mol. The molecule has 1 heterocycles. The van der Waals surface area contributed by atoms with Gasteiger partial charge in [0.05, 0.1) is 6.10 Å². The molecule has 0 aliphatic heterocycles. The van der Waals surface area contributed by atoms with Gasteiger partial charge in [-0.15, -0.1) is 0 Å². The fourth-order valence-electron chi connectivity index (χ4n) is 1.24. The highest BCUT2D eigenvalue weighted by atomic mass is 32.2. The van der Waals surface area contributed by atoms with Crippen molar-refractivity contribution >= 4 is 9.84 Å². The van der Waals surface area contributed by atoms with Crippen LogP contribution in [0.5, 0.6) is 0 Å². The molecule has 84 valence electrons. The van der Waals surface area contributed by atoms with Crippen molar-refractivity contribution in [2.75, 3.05) is 6.26 Å². The number of hydrogen-bond donors (Lipinski definition) is 1. The van der Waals surface area contributed by atoms with E-state index in [0.29, 0.717) is 11.3 Å². The lowest BCUT2D eigenvalue weighted by atomic mass is 10.1. The Hall–Kier alpha value is -1.01. The van der Waals surface area contributed by atoms with E-state index in [0.717, 1.165) is 6.26 Å². The number of rotatable bonds is 3. The first-order valence-electron chi connectivity index (χ1n) is 4.48. The van der Waals surface area contributed by atoms with Crippen LogP contribution in [0.4, 0.5) is 0 Å². The number of aromatic nitrogens is 2.